The van der Waals surface area contributed by atoms with E-state index < -0.39 is 5.56 Å². The number of benzene rings is 4. The minimum absolute atomic E-state index is 0.166. The van der Waals surface area contributed by atoms with Crippen molar-refractivity contribution in [3.05, 3.63) is 101 Å². The Morgan fingerprint density at radius 2 is 1.57 bits per heavy atom. The van der Waals surface area contributed by atoms with Crippen molar-refractivity contribution in [1.29, 1.82) is 0 Å². The number of fused-ring (bicyclic) bond motifs is 2. The average molecular weight is 491 g/mol. The Morgan fingerprint density at radius 1 is 0.838 bits per heavy atom. The van der Waals surface area contributed by atoms with Crippen molar-refractivity contribution >= 4 is 45.0 Å². The van der Waals surface area contributed by atoms with Gasteiger partial charge in [0, 0.05) is 23.1 Å². The highest BCUT2D eigenvalue weighted by atomic mass is 16.2. The normalized spacial score (nSPS) is 11.0. The van der Waals surface area contributed by atoms with Crippen molar-refractivity contribution in [3.63, 3.8) is 0 Å². The fourth-order valence-corrected chi connectivity index (χ4v) is 4.39. The number of rotatable bonds is 6. The van der Waals surface area contributed by atoms with Crippen LogP contribution < -0.4 is 16.2 Å². The van der Waals surface area contributed by atoms with Crippen LogP contribution in [0.25, 0.3) is 33.1 Å². The molecule has 184 valence electrons. The highest BCUT2D eigenvalue weighted by Gasteiger charge is 2.19. The molecule has 0 unspecified atom stereocenters. The van der Waals surface area contributed by atoms with Gasteiger partial charge in [0.05, 0.1) is 16.7 Å². The lowest BCUT2D eigenvalue weighted by Crippen LogP contribution is -2.30. The van der Waals surface area contributed by atoms with E-state index in [2.05, 4.69) is 15.6 Å². The Bertz CT molecular complexity index is 1720. The van der Waals surface area contributed by atoms with Crippen LogP contribution in [-0.4, -0.2) is 21.4 Å². The van der Waals surface area contributed by atoms with E-state index in [1.54, 1.807) is 25.1 Å². The lowest BCUT2D eigenvalue weighted by Gasteiger charge is -2.15. The number of carbonyl (C=O) groups excluding carboxylic acids is 2. The summed E-state index contributed by atoms with van der Waals surface area (Å²) in [5, 5.41) is 7.76. The van der Waals surface area contributed by atoms with Crippen LogP contribution >= 0.6 is 0 Å². The largest absolute Gasteiger partial charge is 0.325 e. The number of hydrogen-bond donors (Lipinski definition) is 2. The third kappa shape index (κ3) is 4.84. The minimum Gasteiger partial charge on any atom is -0.325 e. The van der Waals surface area contributed by atoms with E-state index in [-0.39, 0.29) is 24.1 Å². The maximum atomic E-state index is 13.8. The summed E-state index contributed by atoms with van der Waals surface area (Å²) >= 11 is 0. The molecular weight excluding hydrogens is 464 g/mol. The summed E-state index contributed by atoms with van der Waals surface area (Å²) in [4.78, 5) is 43.9. The molecule has 0 aliphatic carbocycles. The number of anilines is 2. The molecule has 7 heteroatoms. The van der Waals surface area contributed by atoms with Gasteiger partial charge in [0.25, 0.3) is 5.56 Å². The highest BCUT2D eigenvalue weighted by Crippen LogP contribution is 2.28. The Hall–Kier alpha value is -4.78. The van der Waals surface area contributed by atoms with E-state index in [9.17, 15) is 14.4 Å². The van der Waals surface area contributed by atoms with Crippen LogP contribution in [0.3, 0.4) is 0 Å². The summed E-state index contributed by atoms with van der Waals surface area (Å²) < 4.78 is 1.44. The monoisotopic (exact) mass is 490 g/mol. The molecule has 4 aromatic carbocycles. The predicted molar refractivity (Wildman–Crippen MR) is 148 cm³/mol. The van der Waals surface area contributed by atoms with Crippen LogP contribution in [-0.2, 0) is 16.1 Å². The molecule has 0 radical (unpaired) electrons. The number of nitrogens with zero attached hydrogens (tertiary/aromatic N) is 2. The van der Waals surface area contributed by atoms with Crippen LogP contribution in [0.5, 0.6) is 0 Å². The summed E-state index contributed by atoms with van der Waals surface area (Å²) in [6.07, 6.45) is 0.303. The first kappa shape index (κ1) is 23.9. The molecule has 2 N–H and O–H groups in total. The third-order valence-electron chi connectivity index (χ3n) is 6.24. The molecule has 1 heterocycles. The number of hydrogen-bond acceptors (Lipinski definition) is 4. The molecule has 0 atom stereocenters. The van der Waals surface area contributed by atoms with E-state index in [0.29, 0.717) is 34.4 Å². The number of nitrogens with one attached hydrogen (secondary N) is 2. The molecule has 37 heavy (non-hydrogen) atoms. The Morgan fingerprint density at radius 3 is 2.41 bits per heavy atom. The molecule has 7 nitrogen and oxygen atoms in total. The van der Waals surface area contributed by atoms with Crippen molar-refractivity contribution in [2.24, 2.45) is 0 Å². The van der Waals surface area contributed by atoms with Gasteiger partial charge in [-0.3, -0.25) is 19.0 Å². The van der Waals surface area contributed by atoms with Crippen molar-refractivity contribution < 1.29 is 9.59 Å². The zero-order chi connectivity index (χ0) is 25.9. The summed E-state index contributed by atoms with van der Waals surface area (Å²) in [7, 11) is 0. The molecule has 0 saturated carbocycles. The maximum absolute atomic E-state index is 13.8. The van der Waals surface area contributed by atoms with Crippen LogP contribution in [0, 0.1) is 6.92 Å². The molecule has 0 fully saturated rings. The van der Waals surface area contributed by atoms with Crippen LogP contribution in [0.15, 0.2) is 89.7 Å². The van der Waals surface area contributed by atoms with E-state index in [0.717, 1.165) is 16.3 Å². The molecule has 5 aromatic rings. The van der Waals surface area contributed by atoms with Gasteiger partial charge >= 0.3 is 0 Å². The zero-order valence-corrected chi connectivity index (χ0v) is 20.6. The van der Waals surface area contributed by atoms with Gasteiger partial charge in [0.15, 0.2) is 0 Å². The Balaban J connectivity index is 1.59. The van der Waals surface area contributed by atoms with E-state index >= 15 is 0 Å². The molecule has 0 saturated heterocycles. The number of carbonyl (C=O) groups is 2. The summed E-state index contributed by atoms with van der Waals surface area (Å²) in [5.41, 5.74) is 3.50. The Kier molecular flexibility index (Phi) is 6.51. The van der Waals surface area contributed by atoms with Crippen molar-refractivity contribution in [3.8, 4) is 11.3 Å². The number of para-hydroxylation sites is 2. The van der Waals surface area contributed by atoms with Crippen LogP contribution in [0.1, 0.15) is 18.9 Å². The molecule has 1 aromatic heterocycles. The molecule has 0 aliphatic heterocycles. The second kappa shape index (κ2) is 10.1. The van der Waals surface area contributed by atoms with Gasteiger partial charge in [-0.05, 0) is 42.6 Å². The van der Waals surface area contributed by atoms with Crippen molar-refractivity contribution in [2.45, 2.75) is 26.8 Å². The predicted octanol–water partition coefficient (Wildman–Crippen LogP) is 5.51. The maximum Gasteiger partial charge on any atom is 0.278 e. The van der Waals surface area contributed by atoms with Crippen LogP contribution in [0.2, 0.25) is 0 Å². The molecule has 0 spiro atoms. The lowest BCUT2D eigenvalue weighted by molar-refractivity contribution is -0.117. The van der Waals surface area contributed by atoms with Crippen molar-refractivity contribution in [2.75, 3.05) is 10.6 Å². The molecule has 0 aliphatic rings. The first-order valence-electron chi connectivity index (χ1n) is 12.1. The summed E-state index contributed by atoms with van der Waals surface area (Å²) in [5.74, 6) is -0.495. The minimum atomic E-state index is -0.413. The van der Waals surface area contributed by atoms with Gasteiger partial charge in [-0.25, -0.2) is 4.98 Å². The summed E-state index contributed by atoms with van der Waals surface area (Å²) in [6, 6.07) is 26.2. The highest BCUT2D eigenvalue weighted by molar-refractivity contribution is 6.02. The number of amides is 2. The van der Waals surface area contributed by atoms with Gasteiger partial charge in [-0.15, -0.1) is 0 Å². The zero-order valence-electron chi connectivity index (χ0n) is 20.6. The molecule has 2 amide bonds. The second-order valence-electron chi connectivity index (χ2n) is 8.87. The first-order chi connectivity index (χ1) is 17.9. The topological polar surface area (TPSA) is 93.1 Å². The van der Waals surface area contributed by atoms with Crippen molar-refractivity contribution in [1.82, 2.24) is 9.55 Å². The SMILES string of the molecule is CCC(=O)Nc1ccc(C)cc1-c1nc2ccccc2n(CC(=O)Nc2cccc3ccccc23)c1=O. The van der Waals surface area contributed by atoms with Gasteiger partial charge < -0.3 is 10.6 Å². The second-order valence-corrected chi connectivity index (χ2v) is 8.87. The number of aromatic nitrogens is 2. The quantitative estimate of drug-likeness (QED) is 0.328. The number of aryl methyl sites for hydroxylation is 1. The first-order valence-corrected chi connectivity index (χ1v) is 12.1. The van der Waals surface area contributed by atoms with Gasteiger partial charge in [-0.2, -0.15) is 0 Å². The van der Waals surface area contributed by atoms with Gasteiger partial charge in [0.2, 0.25) is 11.8 Å². The fourth-order valence-electron chi connectivity index (χ4n) is 4.39. The molecular formula is C30H26N4O3. The standard InChI is InChI=1S/C30H26N4O3/c1-3-27(35)31-24-16-15-19(2)17-22(24)29-30(37)34(26-14-7-6-12-25(26)33-29)18-28(36)32-23-13-8-10-20-9-4-5-11-21(20)23/h4-17H,3,18H2,1-2H3,(H,31,35)(H,32,36). The summed E-state index contributed by atoms with van der Waals surface area (Å²) in [6.45, 7) is 3.48. The lowest BCUT2D eigenvalue weighted by atomic mass is 10.1. The van der Waals surface area contributed by atoms with E-state index in [4.69, 9.17) is 0 Å². The van der Waals surface area contributed by atoms with E-state index in [1.807, 2.05) is 73.7 Å². The average Bonchev–Trinajstić information content (AvgIpc) is 2.91. The fraction of sp³-hybridized carbons (Fsp3) is 0.133. The molecule has 5 rings (SSSR count). The Labute approximate surface area is 213 Å². The van der Waals surface area contributed by atoms with Gasteiger partial charge in [0.1, 0.15) is 12.2 Å². The van der Waals surface area contributed by atoms with E-state index in [1.165, 1.54) is 4.57 Å². The molecule has 0 bridgehead atoms. The smallest absolute Gasteiger partial charge is 0.278 e. The van der Waals surface area contributed by atoms with Crippen LogP contribution in [0.4, 0.5) is 11.4 Å². The van der Waals surface area contributed by atoms with Gasteiger partial charge in [-0.1, -0.05) is 67.1 Å². The third-order valence-corrected chi connectivity index (χ3v) is 6.24.